The number of hydrogen-bond acceptors (Lipinski definition) is 8. The highest BCUT2D eigenvalue weighted by Gasteiger charge is 2.47. The van der Waals surface area contributed by atoms with E-state index in [0.717, 1.165) is 26.2 Å². The Kier molecular flexibility index (Phi) is 7.96. The molecular weight excluding hydrogens is 414 g/mol. The topological polar surface area (TPSA) is 127 Å². The first kappa shape index (κ1) is 23.8. The van der Waals surface area contributed by atoms with Crippen LogP contribution < -0.4 is 0 Å². The molecule has 0 radical (unpaired) electrons. The van der Waals surface area contributed by atoms with Gasteiger partial charge in [0, 0.05) is 6.04 Å². The molecule has 1 aliphatic carbocycles. The summed E-state index contributed by atoms with van der Waals surface area (Å²) in [6.45, 7) is 1.79. The summed E-state index contributed by atoms with van der Waals surface area (Å²) in [7, 11) is -2.40. The minimum atomic E-state index is -4.36. The number of carbonyl (C=O) groups is 3. The van der Waals surface area contributed by atoms with Crippen LogP contribution in [0.1, 0.15) is 37.7 Å². The van der Waals surface area contributed by atoms with Gasteiger partial charge in [-0.3, -0.25) is 9.59 Å². The smallest absolute Gasteiger partial charge is 0.336 e. The van der Waals surface area contributed by atoms with Crippen LogP contribution in [0.25, 0.3) is 0 Å². The number of sulfonamides is 1. The summed E-state index contributed by atoms with van der Waals surface area (Å²) >= 11 is 0. The standard InChI is InChI=1S/C20H27NO8S/c1-13-9-11-15(12-10-13)30(26,27)21(14-7-5-4-6-8-14)18(23)16(19(24)28-2)17(22)20(25)29-3/h9-12,14,16-17,22H,4-8H2,1-3H3. The molecule has 0 aliphatic heterocycles. The zero-order valence-electron chi connectivity index (χ0n) is 17.2. The van der Waals surface area contributed by atoms with Crippen molar-refractivity contribution in [3.8, 4) is 0 Å². The number of benzene rings is 1. The molecule has 1 amide bonds. The second kappa shape index (κ2) is 10.0. The van der Waals surface area contributed by atoms with Crippen molar-refractivity contribution in [3.63, 3.8) is 0 Å². The summed E-state index contributed by atoms with van der Waals surface area (Å²) in [5.41, 5.74) is 0.832. The number of aliphatic hydroxyl groups excluding tert-OH is 1. The molecule has 166 valence electrons. The summed E-state index contributed by atoms with van der Waals surface area (Å²) < 4.78 is 36.5. The predicted octanol–water partition coefficient (Wildman–Crippen LogP) is 1.17. The van der Waals surface area contributed by atoms with Gasteiger partial charge < -0.3 is 14.6 Å². The van der Waals surface area contributed by atoms with E-state index >= 15 is 0 Å². The number of rotatable bonds is 7. The number of amides is 1. The number of aliphatic hydroxyl groups is 1. The van der Waals surface area contributed by atoms with Crippen LogP contribution in [0.3, 0.4) is 0 Å². The maximum Gasteiger partial charge on any atom is 0.336 e. The monoisotopic (exact) mass is 441 g/mol. The SMILES string of the molecule is COC(=O)C(O)C(C(=O)OC)C(=O)N(C1CCCCC1)S(=O)(=O)c1ccc(C)cc1. The molecule has 1 aromatic rings. The highest BCUT2D eigenvalue weighted by molar-refractivity contribution is 7.89. The number of methoxy groups -OCH3 is 2. The third-order valence-corrected chi connectivity index (χ3v) is 7.04. The van der Waals surface area contributed by atoms with E-state index in [1.54, 1.807) is 19.1 Å². The second-order valence-corrected chi connectivity index (χ2v) is 9.03. The number of ether oxygens (including phenoxy) is 2. The van der Waals surface area contributed by atoms with Gasteiger partial charge in [0.1, 0.15) is 0 Å². The first-order chi connectivity index (χ1) is 14.1. The van der Waals surface area contributed by atoms with Crippen molar-refractivity contribution in [3.05, 3.63) is 29.8 Å². The van der Waals surface area contributed by atoms with Crippen molar-refractivity contribution in [2.24, 2.45) is 5.92 Å². The maximum atomic E-state index is 13.4. The molecule has 1 aromatic carbocycles. The van der Waals surface area contributed by atoms with Gasteiger partial charge in [0.15, 0.2) is 12.0 Å². The molecule has 1 N–H and O–H groups in total. The Morgan fingerprint density at radius 3 is 2.03 bits per heavy atom. The molecule has 10 heteroatoms. The van der Waals surface area contributed by atoms with E-state index in [1.807, 2.05) is 0 Å². The van der Waals surface area contributed by atoms with Gasteiger partial charge in [-0.25, -0.2) is 17.5 Å². The number of carbonyl (C=O) groups excluding carboxylic acids is 3. The Bertz CT molecular complexity index is 875. The molecule has 0 saturated heterocycles. The Labute approximate surface area is 176 Å². The van der Waals surface area contributed by atoms with Crippen molar-refractivity contribution >= 4 is 27.9 Å². The summed E-state index contributed by atoms with van der Waals surface area (Å²) in [5.74, 6) is -5.75. The van der Waals surface area contributed by atoms with E-state index in [-0.39, 0.29) is 4.90 Å². The molecule has 30 heavy (non-hydrogen) atoms. The number of aryl methyl sites for hydroxylation is 1. The van der Waals surface area contributed by atoms with Crippen molar-refractivity contribution in [2.45, 2.75) is 56.1 Å². The van der Waals surface area contributed by atoms with Crippen LogP contribution in [0, 0.1) is 12.8 Å². The largest absolute Gasteiger partial charge is 0.468 e. The lowest BCUT2D eigenvalue weighted by Crippen LogP contribution is -2.53. The van der Waals surface area contributed by atoms with E-state index in [0.29, 0.717) is 30.0 Å². The molecular formula is C20H27NO8S. The quantitative estimate of drug-likeness (QED) is 0.493. The minimum Gasteiger partial charge on any atom is -0.468 e. The van der Waals surface area contributed by atoms with E-state index in [4.69, 9.17) is 0 Å². The average molecular weight is 442 g/mol. The molecule has 0 spiro atoms. The molecule has 2 rings (SSSR count). The third kappa shape index (κ3) is 4.99. The molecule has 1 fully saturated rings. The van der Waals surface area contributed by atoms with Crippen molar-refractivity contribution < 1.29 is 37.4 Å². The fourth-order valence-electron chi connectivity index (χ4n) is 3.52. The lowest BCUT2D eigenvalue weighted by Gasteiger charge is -2.35. The van der Waals surface area contributed by atoms with Crippen molar-refractivity contribution in [1.82, 2.24) is 4.31 Å². The van der Waals surface area contributed by atoms with Crippen LogP contribution in [0.2, 0.25) is 0 Å². The van der Waals surface area contributed by atoms with E-state index in [2.05, 4.69) is 9.47 Å². The Hall–Kier alpha value is -2.46. The highest BCUT2D eigenvalue weighted by atomic mass is 32.2. The molecule has 2 atom stereocenters. The van der Waals surface area contributed by atoms with Gasteiger partial charge in [-0.2, -0.15) is 0 Å². The zero-order valence-corrected chi connectivity index (χ0v) is 18.1. The van der Waals surface area contributed by atoms with Gasteiger partial charge in [-0.05, 0) is 31.9 Å². The van der Waals surface area contributed by atoms with Gasteiger partial charge in [0.25, 0.3) is 15.9 Å². The molecule has 0 heterocycles. The second-order valence-electron chi connectivity index (χ2n) is 7.21. The normalized spacial score (nSPS) is 16.9. The first-order valence-electron chi connectivity index (χ1n) is 9.63. The van der Waals surface area contributed by atoms with E-state index in [9.17, 15) is 27.9 Å². The van der Waals surface area contributed by atoms with Gasteiger partial charge in [0.2, 0.25) is 0 Å². The molecule has 0 aromatic heterocycles. The Morgan fingerprint density at radius 2 is 1.53 bits per heavy atom. The fourth-order valence-corrected chi connectivity index (χ4v) is 5.18. The lowest BCUT2D eigenvalue weighted by molar-refractivity contribution is -0.168. The third-order valence-electron chi connectivity index (χ3n) is 5.18. The van der Waals surface area contributed by atoms with E-state index < -0.39 is 45.9 Å². The summed E-state index contributed by atoms with van der Waals surface area (Å²) in [6, 6.07) is 5.24. The van der Waals surface area contributed by atoms with Crippen LogP contribution in [0.5, 0.6) is 0 Å². The average Bonchev–Trinajstić information content (AvgIpc) is 2.74. The molecule has 0 bridgehead atoms. The molecule has 1 saturated carbocycles. The molecule has 1 aliphatic rings. The number of hydrogen-bond donors (Lipinski definition) is 1. The minimum absolute atomic E-state index is 0.122. The van der Waals surface area contributed by atoms with Gasteiger partial charge in [-0.15, -0.1) is 0 Å². The Morgan fingerprint density at radius 1 is 1.00 bits per heavy atom. The number of esters is 2. The summed E-state index contributed by atoms with van der Waals surface area (Å²) in [5, 5.41) is 10.3. The Balaban J connectivity index is 2.56. The first-order valence-corrected chi connectivity index (χ1v) is 11.1. The van der Waals surface area contributed by atoms with Gasteiger partial charge in [-0.1, -0.05) is 37.0 Å². The molecule has 2 unspecified atom stereocenters. The van der Waals surface area contributed by atoms with Gasteiger partial charge in [0.05, 0.1) is 19.1 Å². The predicted molar refractivity (Wildman–Crippen MR) is 106 cm³/mol. The van der Waals surface area contributed by atoms with Crippen LogP contribution in [0.15, 0.2) is 29.2 Å². The highest BCUT2D eigenvalue weighted by Crippen LogP contribution is 2.30. The van der Waals surface area contributed by atoms with Crippen LogP contribution >= 0.6 is 0 Å². The summed E-state index contributed by atoms with van der Waals surface area (Å²) in [4.78, 5) is 37.4. The van der Waals surface area contributed by atoms with Crippen molar-refractivity contribution in [1.29, 1.82) is 0 Å². The lowest BCUT2D eigenvalue weighted by atomic mass is 9.94. The van der Waals surface area contributed by atoms with E-state index in [1.165, 1.54) is 12.1 Å². The van der Waals surface area contributed by atoms with Crippen LogP contribution in [0.4, 0.5) is 0 Å². The summed E-state index contributed by atoms with van der Waals surface area (Å²) in [6.07, 6.45) is 0.946. The molecule has 9 nitrogen and oxygen atoms in total. The maximum absolute atomic E-state index is 13.4. The zero-order chi connectivity index (χ0) is 22.5. The fraction of sp³-hybridized carbons (Fsp3) is 0.550. The van der Waals surface area contributed by atoms with Crippen LogP contribution in [-0.4, -0.2) is 62.0 Å². The number of nitrogens with zero attached hydrogens (tertiary/aromatic N) is 1. The van der Waals surface area contributed by atoms with Gasteiger partial charge >= 0.3 is 11.9 Å². The van der Waals surface area contributed by atoms with Crippen LogP contribution in [-0.2, 0) is 33.9 Å². The van der Waals surface area contributed by atoms with Crippen molar-refractivity contribution in [2.75, 3.05) is 14.2 Å².